The van der Waals surface area contributed by atoms with Gasteiger partial charge >= 0.3 is 0 Å². The maximum Gasteiger partial charge on any atom is 0.275 e. The summed E-state index contributed by atoms with van der Waals surface area (Å²) < 4.78 is 1.40. The molecule has 1 aromatic carbocycles. The fraction of sp³-hybridized carbons (Fsp3) is 0.368. The maximum absolute atomic E-state index is 12.8. The minimum Gasteiger partial charge on any atom is -0.339 e. The molecule has 2 amide bonds. The quantitative estimate of drug-likeness (QED) is 0.879. The number of nitrogens with one attached hydrogen (secondary N) is 1. The lowest BCUT2D eigenvalue weighted by Gasteiger charge is -2.29. The highest BCUT2D eigenvalue weighted by Crippen LogP contribution is 2.23. The number of piperidine rings is 1. The standard InChI is InChI=1S/C19H20ClN5O2/c1-12-3-4-14(19(27)25-7-5-13(10-21)6-8-25)9-16(12)23-18(26)17-15(20)11-22-24(17)2/h3-4,9,11,13H,5-8H2,1-2H3,(H,23,26). The Balaban J connectivity index is 1.77. The average molecular weight is 386 g/mol. The van der Waals surface area contributed by atoms with E-state index in [1.165, 1.54) is 10.9 Å². The van der Waals surface area contributed by atoms with Crippen LogP contribution in [0.2, 0.25) is 5.02 Å². The number of likely N-dealkylation sites (tertiary alicyclic amines) is 1. The molecule has 1 fully saturated rings. The Morgan fingerprint density at radius 2 is 2.04 bits per heavy atom. The number of amides is 2. The third kappa shape index (κ3) is 3.96. The second kappa shape index (κ2) is 7.80. The molecule has 0 spiro atoms. The number of nitriles is 1. The van der Waals surface area contributed by atoms with Crippen LogP contribution in [0.1, 0.15) is 39.3 Å². The van der Waals surface area contributed by atoms with Gasteiger partial charge in [-0.1, -0.05) is 17.7 Å². The van der Waals surface area contributed by atoms with E-state index in [1.54, 1.807) is 30.1 Å². The second-order valence-electron chi connectivity index (χ2n) is 6.64. The van der Waals surface area contributed by atoms with Crippen molar-refractivity contribution in [2.24, 2.45) is 13.0 Å². The monoisotopic (exact) mass is 385 g/mol. The van der Waals surface area contributed by atoms with Crippen LogP contribution in [0.25, 0.3) is 0 Å². The summed E-state index contributed by atoms with van der Waals surface area (Å²) in [6.07, 6.45) is 2.79. The molecule has 1 aromatic heterocycles. The largest absolute Gasteiger partial charge is 0.339 e. The number of carbonyl (C=O) groups excluding carboxylic acids is 2. The lowest BCUT2D eigenvalue weighted by molar-refractivity contribution is 0.0707. The first-order valence-electron chi connectivity index (χ1n) is 8.69. The molecule has 1 aliphatic heterocycles. The number of aromatic nitrogens is 2. The summed E-state index contributed by atoms with van der Waals surface area (Å²) in [5, 5.41) is 16.0. The van der Waals surface area contributed by atoms with Crippen LogP contribution >= 0.6 is 11.6 Å². The zero-order valence-corrected chi connectivity index (χ0v) is 16.0. The zero-order chi connectivity index (χ0) is 19.6. The van der Waals surface area contributed by atoms with Gasteiger partial charge in [0.15, 0.2) is 0 Å². The number of hydrogen-bond acceptors (Lipinski definition) is 4. The summed E-state index contributed by atoms with van der Waals surface area (Å²) in [4.78, 5) is 27.1. The summed E-state index contributed by atoms with van der Waals surface area (Å²) in [5.41, 5.74) is 2.14. The van der Waals surface area contributed by atoms with Crippen molar-refractivity contribution in [2.75, 3.05) is 18.4 Å². The normalized spacial score (nSPS) is 14.7. The fourth-order valence-electron chi connectivity index (χ4n) is 3.13. The van der Waals surface area contributed by atoms with Crippen molar-refractivity contribution in [3.63, 3.8) is 0 Å². The zero-order valence-electron chi connectivity index (χ0n) is 15.2. The van der Waals surface area contributed by atoms with Crippen molar-refractivity contribution in [3.05, 3.63) is 46.2 Å². The molecular weight excluding hydrogens is 366 g/mol. The van der Waals surface area contributed by atoms with E-state index < -0.39 is 0 Å². The van der Waals surface area contributed by atoms with E-state index in [-0.39, 0.29) is 28.4 Å². The van der Waals surface area contributed by atoms with Crippen LogP contribution in [-0.4, -0.2) is 39.6 Å². The molecule has 0 radical (unpaired) electrons. The van der Waals surface area contributed by atoms with Crippen LogP contribution in [0.3, 0.4) is 0 Å². The van der Waals surface area contributed by atoms with E-state index in [0.717, 1.165) is 5.56 Å². The van der Waals surface area contributed by atoms with Crippen molar-refractivity contribution in [1.82, 2.24) is 14.7 Å². The van der Waals surface area contributed by atoms with Crippen LogP contribution in [0.4, 0.5) is 5.69 Å². The summed E-state index contributed by atoms with van der Waals surface area (Å²) in [6, 6.07) is 7.49. The molecule has 1 N–H and O–H groups in total. The van der Waals surface area contributed by atoms with Crippen LogP contribution in [0.5, 0.6) is 0 Å². The van der Waals surface area contributed by atoms with Crippen molar-refractivity contribution in [1.29, 1.82) is 5.26 Å². The molecule has 0 saturated carbocycles. The van der Waals surface area contributed by atoms with E-state index in [2.05, 4.69) is 16.5 Å². The molecular formula is C19H20ClN5O2. The van der Waals surface area contributed by atoms with Crippen LogP contribution in [0, 0.1) is 24.2 Å². The average Bonchev–Trinajstić information content (AvgIpc) is 3.01. The van der Waals surface area contributed by atoms with Gasteiger partial charge in [0.25, 0.3) is 11.8 Å². The number of benzene rings is 1. The Labute approximate surface area is 162 Å². The summed E-state index contributed by atoms with van der Waals surface area (Å²) in [5.74, 6) is -0.464. The number of halogens is 1. The highest BCUT2D eigenvalue weighted by atomic mass is 35.5. The minimum absolute atomic E-state index is 0.0190. The maximum atomic E-state index is 12.8. The molecule has 140 valence electrons. The number of anilines is 1. The van der Waals surface area contributed by atoms with Crippen LogP contribution in [0.15, 0.2) is 24.4 Å². The minimum atomic E-state index is -0.387. The summed E-state index contributed by atoms with van der Waals surface area (Å²) >= 11 is 6.03. The topological polar surface area (TPSA) is 91.0 Å². The molecule has 8 heteroatoms. The lowest BCUT2D eigenvalue weighted by atomic mass is 9.98. The van der Waals surface area contributed by atoms with Gasteiger partial charge in [0.05, 0.1) is 17.3 Å². The van der Waals surface area contributed by atoms with Gasteiger partial charge in [0.2, 0.25) is 0 Å². The molecule has 0 aliphatic carbocycles. The summed E-state index contributed by atoms with van der Waals surface area (Å²) in [6.45, 7) is 2.99. The molecule has 7 nitrogen and oxygen atoms in total. The van der Waals surface area contributed by atoms with Gasteiger partial charge in [0.1, 0.15) is 5.69 Å². The van der Waals surface area contributed by atoms with Crippen molar-refractivity contribution in [2.45, 2.75) is 19.8 Å². The number of carbonyl (C=O) groups is 2. The van der Waals surface area contributed by atoms with E-state index >= 15 is 0 Å². The number of aryl methyl sites for hydroxylation is 2. The Bertz CT molecular complexity index is 903. The predicted octanol–water partition coefficient (Wildman–Crippen LogP) is 3.01. The smallest absolute Gasteiger partial charge is 0.275 e. The lowest BCUT2D eigenvalue weighted by Crippen LogP contribution is -2.38. The van der Waals surface area contributed by atoms with E-state index in [9.17, 15) is 9.59 Å². The van der Waals surface area contributed by atoms with E-state index in [4.69, 9.17) is 16.9 Å². The first-order chi connectivity index (χ1) is 12.9. The second-order valence-corrected chi connectivity index (χ2v) is 7.05. The molecule has 3 rings (SSSR count). The molecule has 1 saturated heterocycles. The molecule has 2 aromatic rings. The van der Waals surface area contributed by atoms with Gasteiger partial charge in [-0.3, -0.25) is 14.3 Å². The Morgan fingerprint density at radius 3 is 2.63 bits per heavy atom. The Hall–Kier alpha value is -2.85. The van der Waals surface area contributed by atoms with Gasteiger partial charge < -0.3 is 10.2 Å². The number of hydrogen-bond donors (Lipinski definition) is 1. The van der Waals surface area contributed by atoms with Crippen LogP contribution in [-0.2, 0) is 7.05 Å². The highest BCUT2D eigenvalue weighted by Gasteiger charge is 2.24. The van der Waals surface area contributed by atoms with Crippen molar-refractivity contribution in [3.8, 4) is 6.07 Å². The van der Waals surface area contributed by atoms with Crippen LogP contribution < -0.4 is 5.32 Å². The third-order valence-corrected chi connectivity index (χ3v) is 5.08. The molecule has 0 atom stereocenters. The first-order valence-corrected chi connectivity index (χ1v) is 9.07. The molecule has 0 bridgehead atoms. The predicted molar refractivity (Wildman–Crippen MR) is 102 cm³/mol. The SMILES string of the molecule is Cc1ccc(C(=O)N2CCC(C#N)CC2)cc1NC(=O)c1c(Cl)cnn1C. The highest BCUT2D eigenvalue weighted by molar-refractivity contribution is 6.34. The number of rotatable bonds is 3. The Kier molecular flexibility index (Phi) is 5.47. The third-order valence-electron chi connectivity index (χ3n) is 4.81. The van der Waals surface area contributed by atoms with Gasteiger partial charge in [-0.25, -0.2) is 0 Å². The van der Waals surface area contributed by atoms with Gasteiger partial charge in [0, 0.05) is 37.3 Å². The molecule has 0 unspecified atom stereocenters. The van der Waals surface area contributed by atoms with Gasteiger partial charge in [-0.15, -0.1) is 0 Å². The molecule has 2 heterocycles. The number of nitrogens with zero attached hydrogens (tertiary/aromatic N) is 4. The van der Waals surface area contributed by atoms with Gasteiger partial charge in [-0.2, -0.15) is 10.4 Å². The molecule has 1 aliphatic rings. The summed E-state index contributed by atoms with van der Waals surface area (Å²) in [7, 11) is 1.64. The van der Waals surface area contributed by atoms with E-state index in [1.807, 2.05) is 6.92 Å². The first kappa shape index (κ1) is 18.9. The van der Waals surface area contributed by atoms with E-state index in [0.29, 0.717) is 37.2 Å². The van der Waals surface area contributed by atoms with Crippen molar-refractivity contribution < 1.29 is 9.59 Å². The Morgan fingerprint density at radius 1 is 1.33 bits per heavy atom. The molecule has 27 heavy (non-hydrogen) atoms. The van der Waals surface area contributed by atoms with Crippen molar-refractivity contribution >= 4 is 29.1 Å². The van der Waals surface area contributed by atoms with Gasteiger partial charge in [-0.05, 0) is 37.5 Å². The fourth-order valence-corrected chi connectivity index (χ4v) is 3.38.